The lowest BCUT2D eigenvalue weighted by atomic mass is 9.91. The molecule has 0 aliphatic heterocycles. The Hall–Kier alpha value is -0.930. The standard InChI is InChI=1S/C14H22FNO/c1-10-6-7-11(15)8-12(10)13(16-4)9-14(2,3)17-5/h6-8,13,16H,9H2,1-5H3. The topological polar surface area (TPSA) is 21.3 Å². The predicted molar refractivity (Wildman–Crippen MR) is 68.6 cm³/mol. The van der Waals surface area contributed by atoms with Gasteiger partial charge in [0.25, 0.3) is 0 Å². The summed E-state index contributed by atoms with van der Waals surface area (Å²) in [6, 6.07) is 5.00. The lowest BCUT2D eigenvalue weighted by Crippen LogP contribution is -2.30. The zero-order chi connectivity index (χ0) is 13.1. The molecule has 2 nitrogen and oxygen atoms in total. The first kappa shape index (κ1) is 14.1. The highest BCUT2D eigenvalue weighted by Crippen LogP contribution is 2.28. The van der Waals surface area contributed by atoms with Crippen molar-refractivity contribution in [1.29, 1.82) is 0 Å². The van der Waals surface area contributed by atoms with Gasteiger partial charge >= 0.3 is 0 Å². The largest absolute Gasteiger partial charge is 0.379 e. The molecule has 0 saturated heterocycles. The molecule has 0 spiro atoms. The average molecular weight is 239 g/mol. The number of benzene rings is 1. The fraction of sp³-hybridized carbons (Fsp3) is 0.571. The molecule has 1 atom stereocenters. The first-order valence-electron chi connectivity index (χ1n) is 5.88. The molecule has 0 aliphatic carbocycles. The summed E-state index contributed by atoms with van der Waals surface area (Å²) in [7, 11) is 3.59. The first-order valence-corrected chi connectivity index (χ1v) is 5.88. The van der Waals surface area contributed by atoms with Gasteiger partial charge < -0.3 is 10.1 Å². The van der Waals surface area contributed by atoms with E-state index in [4.69, 9.17) is 4.74 Å². The summed E-state index contributed by atoms with van der Waals surface area (Å²) in [5, 5.41) is 3.23. The third-order valence-electron chi connectivity index (χ3n) is 3.21. The number of aryl methyl sites for hydroxylation is 1. The van der Waals surface area contributed by atoms with Crippen LogP contribution in [-0.4, -0.2) is 19.8 Å². The van der Waals surface area contributed by atoms with Gasteiger partial charge in [-0.25, -0.2) is 4.39 Å². The van der Waals surface area contributed by atoms with E-state index in [2.05, 4.69) is 5.32 Å². The van der Waals surface area contributed by atoms with Crippen molar-refractivity contribution < 1.29 is 9.13 Å². The van der Waals surface area contributed by atoms with Crippen LogP contribution in [0.5, 0.6) is 0 Å². The molecule has 0 heterocycles. The van der Waals surface area contributed by atoms with E-state index < -0.39 is 0 Å². The number of halogens is 1. The minimum atomic E-state index is -0.230. The molecule has 0 aliphatic rings. The molecule has 0 bridgehead atoms. The second kappa shape index (κ2) is 5.61. The molecule has 17 heavy (non-hydrogen) atoms. The third kappa shape index (κ3) is 3.79. The van der Waals surface area contributed by atoms with E-state index in [9.17, 15) is 4.39 Å². The maximum atomic E-state index is 13.3. The van der Waals surface area contributed by atoms with Gasteiger partial charge in [0, 0.05) is 13.2 Å². The monoisotopic (exact) mass is 239 g/mol. The molecule has 1 unspecified atom stereocenters. The SMILES string of the molecule is CNC(CC(C)(C)OC)c1cc(F)ccc1C. The van der Waals surface area contributed by atoms with Crippen molar-refractivity contribution in [3.05, 3.63) is 35.1 Å². The highest BCUT2D eigenvalue weighted by atomic mass is 19.1. The average Bonchev–Trinajstić information content (AvgIpc) is 2.29. The molecule has 0 radical (unpaired) electrons. The van der Waals surface area contributed by atoms with E-state index in [1.807, 2.05) is 33.9 Å². The van der Waals surface area contributed by atoms with Crippen LogP contribution in [0.4, 0.5) is 4.39 Å². The van der Waals surface area contributed by atoms with Gasteiger partial charge in [0.05, 0.1) is 5.60 Å². The van der Waals surface area contributed by atoms with Gasteiger partial charge in [-0.2, -0.15) is 0 Å². The Morgan fingerprint density at radius 3 is 2.59 bits per heavy atom. The summed E-state index contributed by atoms with van der Waals surface area (Å²) < 4.78 is 18.7. The van der Waals surface area contributed by atoms with Crippen LogP contribution >= 0.6 is 0 Å². The van der Waals surface area contributed by atoms with E-state index in [0.717, 1.165) is 17.5 Å². The molecule has 1 rings (SSSR count). The highest BCUT2D eigenvalue weighted by Gasteiger charge is 2.24. The predicted octanol–water partition coefficient (Wildman–Crippen LogP) is 3.21. The Morgan fingerprint density at radius 2 is 2.06 bits per heavy atom. The quantitative estimate of drug-likeness (QED) is 0.852. The zero-order valence-corrected chi connectivity index (χ0v) is 11.3. The lowest BCUT2D eigenvalue weighted by molar-refractivity contribution is 0.00738. The second-order valence-electron chi connectivity index (χ2n) is 5.01. The molecule has 1 aromatic carbocycles. The number of hydrogen-bond donors (Lipinski definition) is 1. The Morgan fingerprint density at radius 1 is 1.41 bits per heavy atom. The van der Waals surface area contributed by atoms with Gasteiger partial charge in [0.2, 0.25) is 0 Å². The molecular formula is C14H22FNO. The highest BCUT2D eigenvalue weighted by molar-refractivity contribution is 5.29. The maximum Gasteiger partial charge on any atom is 0.123 e. The molecule has 3 heteroatoms. The lowest BCUT2D eigenvalue weighted by Gasteiger charge is -2.29. The van der Waals surface area contributed by atoms with Crippen molar-refractivity contribution >= 4 is 0 Å². The molecule has 96 valence electrons. The van der Waals surface area contributed by atoms with E-state index >= 15 is 0 Å². The van der Waals surface area contributed by atoms with Crippen LogP contribution in [0.1, 0.15) is 37.4 Å². The Bertz CT molecular complexity index is 376. The number of methoxy groups -OCH3 is 1. The van der Waals surface area contributed by atoms with Crippen LogP contribution in [0.3, 0.4) is 0 Å². The van der Waals surface area contributed by atoms with Crippen molar-refractivity contribution in [3.63, 3.8) is 0 Å². The van der Waals surface area contributed by atoms with Gasteiger partial charge in [0.15, 0.2) is 0 Å². The fourth-order valence-electron chi connectivity index (χ4n) is 1.93. The van der Waals surface area contributed by atoms with Crippen molar-refractivity contribution in [2.75, 3.05) is 14.2 Å². The van der Waals surface area contributed by atoms with Gasteiger partial charge in [-0.05, 0) is 57.5 Å². The van der Waals surface area contributed by atoms with E-state index in [0.29, 0.717) is 0 Å². The normalized spacial score (nSPS) is 13.8. The third-order valence-corrected chi connectivity index (χ3v) is 3.21. The smallest absolute Gasteiger partial charge is 0.123 e. The molecular weight excluding hydrogens is 217 g/mol. The summed E-state index contributed by atoms with van der Waals surface area (Å²) in [5.74, 6) is -0.193. The van der Waals surface area contributed by atoms with Crippen LogP contribution in [0.2, 0.25) is 0 Å². The van der Waals surface area contributed by atoms with Gasteiger partial charge in [-0.1, -0.05) is 6.07 Å². The fourth-order valence-corrected chi connectivity index (χ4v) is 1.93. The molecule has 0 saturated carbocycles. The van der Waals surface area contributed by atoms with Crippen LogP contribution in [0.25, 0.3) is 0 Å². The van der Waals surface area contributed by atoms with Crippen molar-refractivity contribution in [2.45, 2.75) is 38.8 Å². The molecule has 0 aromatic heterocycles. The molecule has 1 aromatic rings. The number of hydrogen-bond acceptors (Lipinski definition) is 2. The van der Waals surface area contributed by atoms with Crippen LogP contribution in [-0.2, 0) is 4.74 Å². The summed E-state index contributed by atoms with van der Waals surface area (Å²) in [6.45, 7) is 6.07. The van der Waals surface area contributed by atoms with E-state index in [1.54, 1.807) is 13.2 Å². The van der Waals surface area contributed by atoms with Crippen LogP contribution in [0, 0.1) is 12.7 Å². The van der Waals surface area contributed by atoms with E-state index in [-0.39, 0.29) is 17.5 Å². The molecule has 0 amide bonds. The van der Waals surface area contributed by atoms with Crippen molar-refractivity contribution in [1.82, 2.24) is 5.32 Å². The van der Waals surface area contributed by atoms with Crippen molar-refractivity contribution in [3.8, 4) is 0 Å². The Kier molecular flexibility index (Phi) is 4.66. The first-order chi connectivity index (χ1) is 7.89. The summed E-state index contributed by atoms with van der Waals surface area (Å²) in [5.41, 5.74) is 1.86. The van der Waals surface area contributed by atoms with Crippen LogP contribution < -0.4 is 5.32 Å². The van der Waals surface area contributed by atoms with Gasteiger partial charge in [-0.3, -0.25) is 0 Å². The summed E-state index contributed by atoms with van der Waals surface area (Å²) in [4.78, 5) is 0. The second-order valence-corrected chi connectivity index (χ2v) is 5.01. The minimum absolute atomic E-state index is 0.0978. The van der Waals surface area contributed by atoms with Crippen LogP contribution in [0.15, 0.2) is 18.2 Å². The van der Waals surface area contributed by atoms with Gasteiger partial charge in [0.1, 0.15) is 5.82 Å². The number of ether oxygens (including phenoxy) is 1. The zero-order valence-electron chi connectivity index (χ0n) is 11.3. The minimum Gasteiger partial charge on any atom is -0.379 e. The van der Waals surface area contributed by atoms with Crippen molar-refractivity contribution in [2.24, 2.45) is 0 Å². The Labute approximate surface area is 103 Å². The Balaban J connectivity index is 2.97. The maximum absolute atomic E-state index is 13.3. The summed E-state index contributed by atoms with van der Waals surface area (Å²) in [6.07, 6.45) is 0.796. The number of nitrogens with one attached hydrogen (secondary N) is 1. The van der Waals surface area contributed by atoms with E-state index in [1.165, 1.54) is 6.07 Å². The molecule has 1 N–H and O–H groups in total. The number of rotatable bonds is 5. The van der Waals surface area contributed by atoms with Gasteiger partial charge in [-0.15, -0.1) is 0 Å². The molecule has 0 fully saturated rings. The summed E-state index contributed by atoms with van der Waals surface area (Å²) >= 11 is 0.